The van der Waals surface area contributed by atoms with E-state index in [4.69, 9.17) is 4.42 Å². The van der Waals surface area contributed by atoms with Gasteiger partial charge in [0.25, 0.3) is 5.91 Å². The summed E-state index contributed by atoms with van der Waals surface area (Å²) in [5.41, 5.74) is 1.81. The number of carbonyl (C=O) groups excluding carboxylic acids is 2. The van der Waals surface area contributed by atoms with E-state index < -0.39 is 0 Å². The lowest BCUT2D eigenvalue weighted by Crippen LogP contribution is -2.23. The van der Waals surface area contributed by atoms with E-state index in [0.717, 1.165) is 11.3 Å². The van der Waals surface area contributed by atoms with Gasteiger partial charge >= 0.3 is 0 Å². The second-order valence-corrected chi connectivity index (χ2v) is 7.01. The molecule has 7 heteroatoms. The summed E-state index contributed by atoms with van der Waals surface area (Å²) in [6, 6.07) is 10.7. The molecule has 0 aliphatic heterocycles. The average Bonchev–Trinajstić information content (AvgIpc) is 3.31. The molecule has 2 heterocycles. The number of nitrogens with zero attached hydrogens (tertiary/aromatic N) is 1. The van der Waals surface area contributed by atoms with Crippen molar-refractivity contribution in [1.29, 1.82) is 0 Å². The topological polar surface area (TPSA) is 84.2 Å². The van der Waals surface area contributed by atoms with E-state index >= 15 is 0 Å². The van der Waals surface area contributed by atoms with Crippen LogP contribution in [0.3, 0.4) is 0 Å². The summed E-state index contributed by atoms with van der Waals surface area (Å²) >= 11 is 1.54. The molecule has 3 rings (SSSR count). The highest BCUT2D eigenvalue weighted by atomic mass is 32.1. The number of rotatable bonds is 7. The van der Waals surface area contributed by atoms with Gasteiger partial charge in [-0.2, -0.15) is 0 Å². The highest BCUT2D eigenvalue weighted by molar-refractivity contribution is 7.13. The van der Waals surface area contributed by atoms with Gasteiger partial charge in [-0.15, -0.1) is 11.3 Å². The third-order valence-electron chi connectivity index (χ3n) is 3.92. The van der Waals surface area contributed by atoms with Crippen molar-refractivity contribution in [2.75, 3.05) is 11.9 Å². The normalized spacial score (nSPS) is 10.6. The van der Waals surface area contributed by atoms with Gasteiger partial charge in [-0.05, 0) is 49.1 Å². The Hall–Kier alpha value is -2.93. The van der Waals surface area contributed by atoms with Gasteiger partial charge in [-0.1, -0.05) is 13.0 Å². The standard InChI is InChI=1S/C20H21N3O3S/c1-3-10-21-19(25)14-6-8-15(9-7-14)22-18(24)12-16-13(2)26-20(23-16)17-5-4-11-27-17/h4-9,11H,3,10,12H2,1-2H3,(H,21,25)(H,22,24). The molecule has 2 N–H and O–H groups in total. The van der Waals surface area contributed by atoms with Gasteiger partial charge in [0.15, 0.2) is 0 Å². The van der Waals surface area contributed by atoms with Crippen LogP contribution in [-0.2, 0) is 11.2 Å². The monoisotopic (exact) mass is 383 g/mol. The molecule has 0 atom stereocenters. The third-order valence-corrected chi connectivity index (χ3v) is 4.78. The summed E-state index contributed by atoms with van der Waals surface area (Å²) in [5, 5.41) is 7.59. The number of thiophene rings is 1. The Morgan fingerprint density at radius 2 is 1.96 bits per heavy atom. The molecule has 0 radical (unpaired) electrons. The predicted octanol–water partition coefficient (Wildman–Crippen LogP) is 4.03. The van der Waals surface area contributed by atoms with Crippen molar-refractivity contribution in [3.05, 3.63) is 58.8 Å². The Bertz CT molecular complexity index is 915. The first-order valence-corrected chi connectivity index (χ1v) is 9.63. The van der Waals surface area contributed by atoms with Crippen LogP contribution >= 0.6 is 11.3 Å². The lowest BCUT2D eigenvalue weighted by molar-refractivity contribution is -0.115. The van der Waals surface area contributed by atoms with Crippen molar-refractivity contribution in [3.8, 4) is 10.8 Å². The summed E-state index contributed by atoms with van der Waals surface area (Å²) in [4.78, 5) is 29.6. The first kappa shape index (κ1) is 18.8. The zero-order chi connectivity index (χ0) is 19.2. The molecular weight excluding hydrogens is 362 g/mol. The molecule has 1 aromatic carbocycles. The lowest BCUT2D eigenvalue weighted by atomic mass is 10.2. The minimum atomic E-state index is -0.188. The number of nitrogens with one attached hydrogen (secondary N) is 2. The van der Waals surface area contributed by atoms with Crippen LogP contribution in [0.4, 0.5) is 5.69 Å². The maximum absolute atomic E-state index is 12.3. The molecule has 0 aliphatic carbocycles. The molecule has 6 nitrogen and oxygen atoms in total. The highest BCUT2D eigenvalue weighted by Gasteiger charge is 2.15. The van der Waals surface area contributed by atoms with Crippen LogP contribution in [0.1, 0.15) is 35.2 Å². The fourth-order valence-electron chi connectivity index (χ4n) is 2.50. The van der Waals surface area contributed by atoms with Gasteiger partial charge in [0.05, 0.1) is 17.0 Å². The Labute approximate surface area is 161 Å². The van der Waals surface area contributed by atoms with Gasteiger partial charge in [0.1, 0.15) is 5.76 Å². The molecule has 0 fully saturated rings. The van der Waals surface area contributed by atoms with E-state index in [1.165, 1.54) is 11.3 Å². The fraction of sp³-hybridized carbons (Fsp3) is 0.250. The number of benzene rings is 1. The maximum Gasteiger partial charge on any atom is 0.251 e. The van der Waals surface area contributed by atoms with Crippen LogP contribution in [0, 0.1) is 6.92 Å². The van der Waals surface area contributed by atoms with Gasteiger partial charge in [-0.25, -0.2) is 4.98 Å². The second kappa shape index (κ2) is 8.64. The van der Waals surface area contributed by atoms with Crippen molar-refractivity contribution in [3.63, 3.8) is 0 Å². The van der Waals surface area contributed by atoms with Gasteiger partial charge < -0.3 is 15.1 Å². The molecule has 2 aromatic heterocycles. The zero-order valence-electron chi connectivity index (χ0n) is 15.2. The molecule has 0 spiro atoms. The molecule has 0 saturated heterocycles. The van der Waals surface area contributed by atoms with E-state index in [0.29, 0.717) is 35.1 Å². The number of anilines is 1. The number of hydrogen-bond donors (Lipinski definition) is 2. The quantitative estimate of drug-likeness (QED) is 0.645. The van der Waals surface area contributed by atoms with Crippen LogP contribution < -0.4 is 10.6 Å². The van der Waals surface area contributed by atoms with Crippen LogP contribution in [0.5, 0.6) is 0 Å². The molecule has 3 aromatic rings. The third kappa shape index (κ3) is 4.83. The number of aryl methyl sites for hydroxylation is 1. The SMILES string of the molecule is CCCNC(=O)c1ccc(NC(=O)Cc2nc(-c3cccs3)oc2C)cc1. The van der Waals surface area contributed by atoms with E-state index in [2.05, 4.69) is 15.6 Å². The Kier molecular flexibility index (Phi) is 6.03. The molecule has 0 unspecified atom stereocenters. The number of amides is 2. The lowest BCUT2D eigenvalue weighted by Gasteiger charge is -2.06. The van der Waals surface area contributed by atoms with E-state index in [9.17, 15) is 9.59 Å². The van der Waals surface area contributed by atoms with Crippen LogP contribution in [-0.4, -0.2) is 23.3 Å². The van der Waals surface area contributed by atoms with E-state index in [1.54, 1.807) is 31.2 Å². The smallest absolute Gasteiger partial charge is 0.251 e. The maximum atomic E-state index is 12.3. The number of oxazole rings is 1. The molecular formula is C20H21N3O3S. The fourth-order valence-corrected chi connectivity index (χ4v) is 3.15. The summed E-state index contributed by atoms with van der Waals surface area (Å²) in [7, 11) is 0. The largest absolute Gasteiger partial charge is 0.440 e. The Morgan fingerprint density at radius 3 is 2.63 bits per heavy atom. The first-order chi connectivity index (χ1) is 13.1. The predicted molar refractivity (Wildman–Crippen MR) is 106 cm³/mol. The van der Waals surface area contributed by atoms with Crippen molar-refractivity contribution >= 4 is 28.8 Å². The van der Waals surface area contributed by atoms with Crippen molar-refractivity contribution < 1.29 is 14.0 Å². The summed E-state index contributed by atoms with van der Waals surface area (Å²) in [5.74, 6) is 0.866. The van der Waals surface area contributed by atoms with Crippen LogP contribution in [0.2, 0.25) is 0 Å². The van der Waals surface area contributed by atoms with Gasteiger partial charge in [0.2, 0.25) is 11.8 Å². The molecule has 0 bridgehead atoms. The molecule has 140 valence electrons. The average molecular weight is 383 g/mol. The van der Waals surface area contributed by atoms with Crippen LogP contribution in [0.25, 0.3) is 10.8 Å². The first-order valence-electron chi connectivity index (χ1n) is 8.75. The van der Waals surface area contributed by atoms with Crippen molar-refractivity contribution in [1.82, 2.24) is 10.3 Å². The minimum absolute atomic E-state index is 0.117. The zero-order valence-corrected chi connectivity index (χ0v) is 16.1. The minimum Gasteiger partial charge on any atom is -0.440 e. The molecule has 27 heavy (non-hydrogen) atoms. The van der Waals surface area contributed by atoms with Gasteiger partial charge in [0, 0.05) is 17.8 Å². The summed E-state index contributed by atoms with van der Waals surface area (Å²) in [6.07, 6.45) is 1.01. The molecule has 2 amide bonds. The van der Waals surface area contributed by atoms with Crippen LogP contribution in [0.15, 0.2) is 46.2 Å². The van der Waals surface area contributed by atoms with E-state index in [-0.39, 0.29) is 18.2 Å². The summed E-state index contributed by atoms with van der Waals surface area (Å²) in [6.45, 7) is 4.44. The molecule has 0 aliphatic rings. The highest BCUT2D eigenvalue weighted by Crippen LogP contribution is 2.26. The van der Waals surface area contributed by atoms with Crippen molar-refractivity contribution in [2.45, 2.75) is 26.7 Å². The van der Waals surface area contributed by atoms with Crippen molar-refractivity contribution in [2.24, 2.45) is 0 Å². The Balaban J connectivity index is 1.60. The Morgan fingerprint density at radius 1 is 1.19 bits per heavy atom. The van der Waals surface area contributed by atoms with E-state index in [1.807, 2.05) is 24.4 Å². The number of aromatic nitrogens is 1. The molecule has 0 saturated carbocycles. The second-order valence-electron chi connectivity index (χ2n) is 6.06. The summed E-state index contributed by atoms with van der Waals surface area (Å²) < 4.78 is 5.66. The van der Waals surface area contributed by atoms with Gasteiger partial charge in [-0.3, -0.25) is 9.59 Å². The number of carbonyl (C=O) groups is 2. The number of hydrogen-bond acceptors (Lipinski definition) is 5.